The second kappa shape index (κ2) is 8.90. The van der Waals surface area contributed by atoms with Crippen molar-refractivity contribution in [2.45, 2.75) is 0 Å². The molecule has 1 heterocycles. The summed E-state index contributed by atoms with van der Waals surface area (Å²) in [6.45, 7) is -0.192. The van der Waals surface area contributed by atoms with Gasteiger partial charge in [0.15, 0.2) is 6.61 Å². The van der Waals surface area contributed by atoms with E-state index in [-0.39, 0.29) is 6.61 Å². The lowest BCUT2D eigenvalue weighted by Crippen LogP contribution is -2.24. The van der Waals surface area contributed by atoms with E-state index in [2.05, 4.69) is 20.7 Å². The number of aromatic nitrogens is 2. The number of aromatic amines is 1. The van der Waals surface area contributed by atoms with Crippen molar-refractivity contribution in [3.8, 4) is 17.0 Å². The third kappa shape index (κ3) is 5.23. The van der Waals surface area contributed by atoms with Gasteiger partial charge in [-0.25, -0.2) is 5.43 Å². The number of hydrazone groups is 1. The number of carbonyl (C=O) groups is 1. The summed E-state index contributed by atoms with van der Waals surface area (Å²) in [5.41, 5.74) is 4.55. The van der Waals surface area contributed by atoms with Crippen LogP contribution in [-0.4, -0.2) is 28.9 Å². The number of halogens is 3. The van der Waals surface area contributed by atoms with E-state index in [1.807, 2.05) is 0 Å². The van der Waals surface area contributed by atoms with Gasteiger partial charge in [0.05, 0.1) is 28.2 Å². The molecule has 9 heteroatoms. The van der Waals surface area contributed by atoms with Gasteiger partial charge in [-0.3, -0.25) is 9.89 Å². The SMILES string of the molecule is O=C(COc1cccc(Cl)c1)N/N=C/c1cn[nH]c1-c1ccc(Cl)c(Cl)c1. The Labute approximate surface area is 170 Å². The Hall–Kier alpha value is -2.54. The Morgan fingerprint density at radius 2 is 2.04 bits per heavy atom. The number of nitrogens with zero attached hydrogens (tertiary/aromatic N) is 2. The van der Waals surface area contributed by atoms with E-state index in [0.29, 0.717) is 32.1 Å². The molecule has 0 aliphatic carbocycles. The Balaban J connectivity index is 1.59. The zero-order valence-corrected chi connectivity index (χ0v) is 16.0. The van der Waals surface area contributed by atoms with Crippen molar-refractivity contribution < 1.29 is 9.53 Å². The standard InChI is InChI=1S/C18H13Cl3N4O2/c19-13-2-1-3-14(7-13)27-10-17(26)24-22-8-12-9-23-25-18(12)11-4-5-15(20)16(21)6-11/h1-9H,10H2,(H,23,25)(H,24,26)/b22-8+. The highest BCUT2D eigenvalue weighted by molar-refractivity contribution is 6.42. The highest BCUT2D eigenvalue weighted by Gasteiger charge is 2.08. The molecule has 2 N–H and O–H groups in total. The quantitative estimate of drug-likeness (QED) is 0.450. The maximum Gasteiger partial charge on any atom is 0.277 e. The fraction of sp³-hybridized carbons (Fsp3) is 0.0556. The molecule has 0 aliphatic heterocycles. The molecular weight excluding hydrogens is 411 g/mol. The maximum atomic E-state index is 11.8. The van der Waals surface area contributed by atoms with Gasteiger partial charge in [0.25, 0.3) is 5.91 Å². The summed E-state index contributed by atoms with van der Waals surface area (Å²) in [5, 5.41) is 12.2. The van der Waals surface area contributed by atoms with Crippen molar-refractivity contribution in [3.05, 3.63) is 69.3 Å². The van der Waals surface area contributed by atoms with Crippen LogP contribution in [0.3, 0.4) is 0 Å². The third-order valence-corrected chi connectivity index (χ3v) is 4.41. The minimum atomic E-state index is -0.411. The van der Waals surface area contributed by atoms with Crippen molar-refractivity contribution in [1.29, 1.82) is 0 Å². The molecule has 0 saturated heterocycles. The number of benzene rings is 2. The number of amides is 1. The lowest BCUT2D eigenvalue weighted by Gasteiger charge is -2.05. The van der Waals surface area contributed by atoms with Gasteiger partial charge in [0.1, 0.15) is 5.75 Å². The van der Waals surface area contributed by atoms with E-state index in [1.54, 1.807) is 48.7 Å². The molecule has 0 fully saturated rings. The first-order valence-corrected chi connectivity index (χ1v) is 8.85. The molecule has 0 spiro atoms. The molecule has 0 bridgehead atoms. The van der Waals surface area contributed by atoms with Crippen LogP contribution in [0.25, 0.3) is 11.3 Å². The number of nitrogens with one attached hydrogen (secondary N) is 2. The topological polar surface area (TPSA) is 79.4 Å². The third-order valence-electron chi connectivity index (χ3n) is 3.44. The van der Waals surface area contributed by atoms with Crippen LogP contribution in [0, 0.1) is 0 Å². The van der Waals surface area contributed by atoms with E-state index in [1.165, 1.54) is 6.21 Å². The first kappa shape index (κ1) is 19.2. The van der Waals surface area contributed by atoms with Gasteiger partial charge in [-0.05, 0) is 30.3 Å². The highest BCUT2D eigenvalue weighted by atomic mass is 35.5. The zero-order chi connectivity index (χ0) is 19.2. The molecule has 0 aliphatic rings. The predicted molar refractivity (Wildman–Crippen MR) is 107 cm³/mol. The molecule has 0 saturated carbocycles. The summed E-state index contributed by atoms with van der Waals surface area (Å²) >= 11 is 17.8. The van der Waals surface area contributed by atoms with Crippen molar-refractivity contribution in [1.82, 2.24) is 15.6 Å². The molecular formula is C18H13Cl3N4O2. The number of hydrogen-bond acceptors (Lipinski definition) is 4. The fourth-order valence-electron chi connectivity index (χ4n) is 2.19. The minimum Gasteiger partial charge on any atom is -0.484 e. The minimum absolute atomic E-state index is 0.192. The van der Waals surface area contributed by atoms with Crippen LogP contribution in [-0.2, 0) is 4.79 Å². The summed E-state index contributed by atoms with van der Waals surface area (Å²) in [4.78, 5) is 11.8. The van der Waals surface area contributed by atoms with Gasteiger partial charge < -0.3 is 4.74 Å². The summed E-state index contributed by atoms with van der Waals surface area (Å²) in [6.07, 6.45) is 3.05. The first-order chi connectivity index (χ1) is 13.0. The molecule has 1 amide bonds. The molecule has 1 aromatic heterocycles. The summed E-state index contributed by atoms with van der Waals surface area (Å²) in [5.74, 6) is 0.0872. The Kier molecular flexibility index (Phi) is 6.34. The predicted octanol–water partition coefficient (Wildman–Crippen LogP) is 4.57. The largest absolute Gasteiger partial charge is 0.484 e. The van der Waals surface area contributed by atoms with E-state index in [4.69, 9.17) is 39.5 Å². The average molecular weight is 424 g/mol. The normalized spacial score (nSPS) is 10.9. The van der Waals surface area contributed by atoms with Crippen molar-refractivity contribution >= 4 is 46.9 Å². The van der Waals surface area contributed by atoms with Crippen LogP contribution < -0.4 is 10.2 Å². The number of ether oxygens (including phenoxy) is 1. The van der Waals surface area contributed by atoms with Crippen LogP contribution in [0.5, 0.6) is 5.75 Å². The molecule has 0 radical (unpaired) electrons. The van der Waals surface area contributed by atoms with Crippen LogP contribution >= 0.6 is 34.8 Å². The number of rotatable bonds is 6. The van der Waals surface area contributed by atoms with Gasteiger partial charge in [-0.15, -0.1) is 0 Å². The summed E-state index contributed by atoms with van der Waals surface area (Å²) < 4.78 is 5.34. The lowest BCUT2D eigenvalue weighted by molar-refractivity contribution is -0.123. The average Bonchev–Trinajstić information content (AvgIpc) is 3.11. The van der Waals surface area contributed by atoms with Gasteiger partial charge in [0, 0.05) is 16.1 Å². The van der Waals surface area contributed by atoms with E-state index >= 15 is 0 Å². The molecule has 27 heavy (non-hydrogen) atoms. The molecule has 0 unspecified atom stereocenters. The van der Waals surface area contributed by atoms with Gasteiger partial charge in [0.2, 0.25) is 0 Å². The van der Waals surface area contributed by atoms with Gasteiger partial charge >= 0.3 is 0 Å². The summed E-state index contributed by atoms with van der Waals surface area (Å²) in [6, 6.07) is 12.0. The van der Waals surface area contributed by atoms with Gasteiger partial charge in [-0.1, -0.05) is 46.9 Å². The Bertz CT molecular complexity index is 988. The molecule has 3 aromatic rings. The number of carbonyl (C=O) groups excluding carboxylic acids is 1. The Morgan fingerprint density at radius 3 is 2.81 bits per heavy atom. The summed E-state index contributed by atoms with van der Waals surface area (Å²) in [7, 11) is 0. The maximum absolute atomic E-state index is 11.8. The van der Waals surface area contributed by atoms with Crippen LogP contribution in [0.2, 0.25) is 15.1 Å². The van der Waals surface area contributed by atoms with E-state index in [9.17, 15) is 4.79 Å². The van der Waals surface area contributed by atoms with Gasteiger partial charge in [-0.2, -0.15) is 10.2 Å². The van der Waals surface area contributed by atoms with E-state index in [0.717, 1.165) is 5.56 Å². The smallest absolute Gasteiger partial charge is 0.277 e. The molecule has 6 nitrogen and oxygen atoms in total. The van der Waals surface area contributed by atoms with Crippen molar-refractivity contribution in [3.63, 3.8) is 0 Å². The van der Waals surface area contributed by atoms with E-state index < -0.39 is 5.91 Å². The lowest BCUT2D eigenvalue weighted by atomic mass is 10.1. The van der Waals surface area contributed by atoms with Crippen LogP contribution in [0.4, 0.5) is 0 Å². The second-order valence-electron chi connectivity index (χ2n) is 5.37. The first-order valence-electron chi connectivity index (χ1n) is 7.72. The molecule has 0 atom stereocenters. The monoisotopic (exact) mass is 422 g/mol. The molecule has 2 aromatic carbocycles. The molecule has 138 valence electrons. The molecule has 3 rings (SSSR count). The van der Waals surface area contributed by atoms with Crippen molar-refractivity contribution in [2.75, 3.05) is 6.61 Å². The highest BCUT2D eigenvalue weighted by Crippen LogP contribution is 2.28. The fourth-order valence-corrected chi connectivity index (χ4v) is 2.67. The van der Waals surface area contributed by atoms with Crippen LogP contribution in [0.1, 0.15) is 5.56 Å². The number of H-pyrrole nitrogens is 1. The number of hydrogen-bond donors (Lipinski definition) is 2. The van der Waals surface area contributed by atoms with Crippen molar-refractivity contribution in [2.24, 2.45) is 5.10 Å². The second-order valence-corrected chi connectivity index (χ2v) is 6.62. The van der Waals surface area contributed by atoms with Crippen LogP contribution in [0.15, 0.2) is 53.8 Å². The zero-order valence-electron chi connectivity index (χ0n) is 13.7. The Morgan fingerprint density at radius 1 is 1.19 bits per heavy atom.